The minimum absolute atomic E-state index is 0.167. The van der Waals surface area contributed by atoms with Crippen LogP contribution in [0.2, 0.25) is 0 Å². The molecule has 2 aromatic rings. The first kappa shape index (κ1) is 18.4. The number of rotatable bonds is 4. The lowest BCUT2D eigenvalue weighted by Crippen LogP contribution is -2.69. The molecule has 3 aliphatic carbocycles. The van der Waals surface area contributed by atoms with Gasteiger partial charge in [0.05, 0.1) is 11.5 Å². The van der Waals surface area contributed by atoms with Gasteiger partial charge in [-0.1, -0.05) is 29.8 Å². The van der Waals surface area contributed by atoms with Gasteiger partial charge in [-0.2, -0.15) is 5.10 Å². The number of hydrogen-bond donors (Lipinski definition) is 0. The zero-order chi connectivity index (χ0) is 20.4. The molecule has 0 spiro atoms. The van der Waals surface area contributed by atoms with Crippen LogP contribution in [0.3, 0.4) is 0 Å². The van der Waals surface area contributed by atoms with E-state index in [0.717, 1.165) is 11.6 Å². The molecule has 0 aromatic heterocycles. The number of carbonyl (C=O) groups excluding carboxylic acids is 1. The topological polar surface area (TPSA) is 32.7 Å². The number of alkyl halides is 1. The summed E-state index contributed by atoms with van der Waals surface area (Å²) in [4.78, 5) is 13.2. The number of halogens is 3. The van der Waals surface area contributed by atoms with Crippen molar-refractivity contribution in [3.8, 4) is 0 Å². The molecule has 2 unspecified atom stereocenters. The Hall–Kier alpha value is -2.63. The highest BCUT2D eigenvalue weighted by Gasteiger charge is 2.75. The Morgan fingerprint density at radius 3 is 2.48 bits per heavy atom. The number of hydrogen-bond acceptors (Lipinski definition) is 2. The molecule has 2 aromatic carbocycles. The Balaban J connectivity index is 1.32. The molecule has 1 aliphatic heterocycles. The van der Waals surface area contributed by atoms with Crippen molar-refractivity contribution in [1.82, 2.24) is 5.01 Å². The van der Waals surface area contributed by atoms with Gasteiger partial charge < -0.3 is 0 Å². The third kappa shape index (κ3) is 2.72. The van der Waals surface area contributed by atoms with Crippen LogP contribution in [0.1, 0.15) is 54.6 Å². The predicted molar refractivity (Wildman–Crippen MR) is 103 cm³/mol. The van der Waals surface area contributed by atoms with E-state index in [1.54, 1.807) is 12.3 Å². The average Bonchev–Trinajstić information content (AvgIpc) is 3.08. The molecule has 1 amide bonds. The molecule has 6 heteroatoms. The van der Waals surface area contributed by atoms with Gasteiger partial charge in [0.2, 0.25) is 5.91 Å². The Bertz CT molecular complexity index is 995. The first-order chi connectivity index (χ1) is 13.8. The van der Waals surface area contributed by atoms with Crippen molar-refractivity contribution in [2.45, 2.75) is 44.8 Å². The molecule has 4 aliphatic rings. The summed E-state index contributed by atoms with van der Waals surface area (Å²) in [5, 5.41) is 5.53. The van der Waals surface area contributed by atoms with Crippen LogP contribution in [0, 0.1) is 29.4 Å². The van der Waals surface area contributed by atoms with Gasteiger partial charge in [0.15, 0.2) is 0 Å². The second-order valence-corrected chi connectivity index (χ2v) is 8.85. The monoisotopic (exact) mass is 398 g/mol. The summed E-state index contributed by atoms with van der Waals surface area (Å²) in [6.45, 7) is 1.93. The van der Waals surface area contributed by atoms with Crippen molar-refractivity contribution in [2.75, 3.05) is 0 Å². The van der Waals surface area contributed by atoms with Crippen LogP contribution in [-0.2, 0) is 4.79 Å². The van der Waals surface area contributed by atoms with Gasteiger partial charge in [-0.25, -0.2) is 18.2 Å². The molecular formula is C23H21F3N2O. The van der Waals surface area contributed by atoms with E-state index in [0.29, 0.717) is 36.8 Å². The molecule has 0 saturated heterocycles. The van der Waals surface area contributed by atoms with E-state index in [1.807, 2.05) is 25.1 Å². The Morgan fingerprint density at radius 1 is 1.14 bits per heavy atom. The summed E-state index contributed by atoms with van der Waals surface area (Å²) in [6, 6.07) is 10.2. The first-order valence-corrected chi connectivity index (χ1v) is 9.85. The van der Waals surface area contributed by atoms with Crippen LogP contribution in [0.15, 0.2) is 47.6 Å². The molecule has 2 bridgehead atoms. The summed E-state index contributed by atoms with van der Waals surface area (Å²) < 4.78 is 42.4. The molecule has 3 fully saturated rings. The zero-order valence-electron chi connectivity index (χ0n) is 16.0. The second-order valence-electron chi connectivity index (χ2n) is 8.85. The van der Waals surface area contributed by atoms with Gasteiger partial charge in [-0.3, -0.25) is 4.79 Å². The van der Waals surface area contributed by atoms with Crippen LogP contribution < -0.4 is 0 Å². The molecular weight excluding hydrogens is 377 g/mol. The van der Waals surface area contributed by atoms with Gasteiger partial charge in [0, 0.05) is 24.1 Å². The second kappa shape index (κ2) is 6.18. The molecule has 3 saturated carbocycles. The molecule has 2 atom stereocenters. The molecule has 0 N–H and O–H groups in total. The molecule has 3 nitrogen and oxygen atoms in total. The van der Waals surface area contributed by atoms with E-state index < -0.39 is 34.7 Å². The minimum atomic E-state index is -1.09. The van der Waals surface area contributed by atoms with Gasteiger partial charge in [0.1, 0.15) is 17.8 Å². The number of amides is 1. The summed E-state index contributed by atoms with van der Waals surface area (Å²) in [7, 11) is 0. The van der Waals surface area contributed by atoms with Crippen LogP contribution in [0.4, 0.5) is 13.2 Å². The molecule has 1 heterocycles. The number of carbonyl (C=O) groups is 1. The van der Waals surface area contributed by atoms with Crippen molar-refractivity contribution in [3.63, 3.8) is 0 Å². The Kier molecular flexibility index (Phi) is 3.92. The normalized spacial score (nSPS) is 30.6. The molecule has 0 radical (unpaired) electrons. The summed E-state index contributed by atoms with van der Waals surface area (Å²) in [6.07, 6.45) is 2.38. The third-order valence-electron chi connectivity index (χ3n) is 6.71. The van der Waals surface area contributed by atoms with Crippen LogP contribution in [0.25, 0.3) is 0 Å². The van der Waals surface area contributed by atoms with E-state index in [1.165, 1.54) is 17.1 Å². The van der Waals surface area contributed by atoms with E-state index >= 15 is 4.39 Å². The van der Waals surface area contributed by atoms with E-state index in [9.17, 15) is 13.6 Å². The maximum Gasteiger partial charge on any atom is 0.249 e. The summed E-state index contributed by atoms with van der Waals surface area (Å²) >= 11 is 0. The maximum absolute atomic E-state index is 15.2. The van der Waals surface area contributed by atoms with Crippen LogP contribution in [-0.4, -0.2) is 17.1 Å². The minimum Gasteiger partial charge on any atom is -0.272 e. The fourth-order valence-electron chi connectivity index (χ4n) is 5.44. The number of benzene rings is 2. The summed E-state index contributed by atoms with van der Waals surface area (Å²) in [5.74, 6) is -1.52. The fourth-order valence-corrected chi connectivity index (χ4v) is 5.44. The maximum atomic E-state index is 15.2. The average molecular weight is 398 g/mol. The Labute approximate surface area is 167 Å². The number of hydrazone groups is 1. The highest BCUT2D eigenvalue weighted by molar-refractivity contribution is 5.88. The van der Waals surface area contributed by atoms with E-state index in [4.69, 9.17) is 0 Å². The van der Waals surface area contributed by atoms with Crippen molar-refractivity contribution in [2.24, 2.45) is 15.9 Å². The lowest BCUT2D eigenvalue weighted by atomic mass is 9.33. The molecule has 6 rings (SSSR count). The van der Waals surface area contributed by atoms with E-state index in [2.05, 4.69) is 5.10 Å². The lowest BCUT2D eigenvalue weighted by Gasteiger charge is -2.70. The lowest BCUT2D eigenvalue weighted by molar-refractivity contribution is -0.242. The SMILES string of the molecule is Cc1cccc(C(F)C23CC(C(=O)N4N=CCC4c4cc(F)cc(F)c4)(C2)C3)c1. The molecule has 29 heavy (non-hydrogen) atoms. The summed E-state index contributed by atoms with van der Waals surface area (Å²) in [5.41, 5.74) is 0.989. The van der Waals surface area contributed by atoms with E-state index in [-0.39, 0.29) is 5.91 Å². The van der Waals surface area contributed by atoms with Crippen molar-refractivity contribution in [3.05, 3.63) is 70.8 Å². The number of aryl methyl sites for hydroxylation is 1. The van der Waals surface area contributed by atoms with Crippen molar-refractivity contribution in [1.29, 1.82) is 0 Å². The first-order valence-electron chi connectivity index (χ1n) is 9.85. The van der Waals surface area contributed by atoms with Gasteiger partial charge in [0.25, 0.3) is 0 Å². The predicted octanol–water partition coefficient (Wildman–Crippen LogP) is 5.41. The zero-order valence-corrected chi connectivity index (χ0v) is 16.0. The smallest absolute Gasteiger partial charge is 0.249 e. The Morgan fingerprint density at radius 2 is 1.83 bits per heavy atom. The highest BCUT2D eigenvalue weighted by Crippen LogP contribution is 2.78. The van der Waals surface area contributed by atoms with Crippen molar-refractivity contribution >= 4 is 12.1 Å². The standard InChI is InChI=1S/C23H21F3N2O/c1-14-3-2-4-15(7-14)20(26)22-11-23(12-22,13-22)21(29)28-19(5-6-27-28)16-8-17(24)10-18(25)9-16/h2-4,6-10,19-20H,5,11-13H2,1H3. The number of nitrogens with zero attached hydrogens (tertiary/aromatic N) is 2. The van der Waals surface area contributed by atoms with Gasteiger partial charge in [-0.15, -0.1) is 0 Å². The van der Waals surface area contributed by atoms with Crippen LogP contribution in [0.5, 0.6) is 0 Å². The largest absolute Gasteiger partial charge is 0.272 e. The van der Waals surface area contributed by atoms with Crippen molar-refractivity contribution < 1.29 is 18.0 Å². The third-order valence-corrected chi connectivity index (χ3v) is 6.71. The quantitative estimate of drug-likeness (QED) is 0.677. The molecule has 150 valence electrons. The van der Waals surface area contributed by atoms with Gasteiger partial charge >= 0.3 is 0 Å². The van der Waals surface area contributed by atoms with Crippen LogP contribution >= 0.6 is 0 Å². The fraction of sp³-hybridized carbons (Fsp3) is 0.391. The van der Waals surface area contributed by atoms with Gasteiger partial charge in [-0.05, 0) is 49.4 Å². The highest BCUT2D eigenvalue weighted by atomic mass is 19.1.